The molecule has 1 heterocycles. The van der Waals surface area contributed by atoms with Crippen LogP contribution in [-0.4, -0.2) is 24.6 Å². The third kappa shape index (κ3) is 3.45. The lowest BCUT2D eigenvalue weighted by Gasteiger charge is -2.03. The van der Waals surface area contributed by atoms with E-state index in [2.05, 4.69) is 25.9 Å². The first-order valence-electron chi connectivity index (χ1n) is 4.70. The fourth-order valence-electron chi connectivity index (χ4n) is 1.31. The normalized spacial score (nSPS) is 11.9. The number of hydrogen-bond acceptors (Lipinski definition) is 5. The molecule has 0 bridgehead atoms. The summed E-state index contributed by atoms with van der Waals surface area (Å²) in [5.41, 5.74) is 1.48. The van der Waals surface area contributed by atoms with Crippen molar-refractivity contribution in [1.29, 1.82) is 0 Å². The van der Waals surface area contributed by atoms with Gasteiger partial charge in [-0.1, -0.05) is 12.1 Å². The van der Waals surface area contributed by atoms with E-state index in [0.29, 0.717) is 4.73 Å². The van der Waals surface area contributed by atoms with Crippen molar-refractivity contribution in [2.75, 3.05) is 6.26 Å². The third-order valence-corrected chi connectivity index (χ3v) is 2.99. The Morgan fingerprint density at radius 2 is 2.18 bits per heavy atom. The molecule has 0 saturated carbocycles. The lowest BCUT2D eigenvalue weighted by molar-refractivity contribution is 0.312. The second-order valence-electron chi connectivity index (χ2n) is 3.50. The van der Waals surface area contributed by atoms with Crippen LogP contribution >= 0.6 is 15.9 Å². The summed E-state index contributed by atoms with van der Waals surface area (Å²) in [5, 5.41) is 0.885. The molecule has 17 heavy (non-hydrogen) atoms. The van der Waals surface area contributed by atoms with Crippen LogP contribution < -0.4 is 0 Å². The first-order valence-corrected chi connectivity index (χ1v) is 7.30. The van der Waals surface area contributed by atoms with Crippen LogP contribution in [0.4, 0.5) is 0 Å². The van der Waals surface area contributed by atoms with E-state index in [1.807, 2.05) is 6.07 Å². The Labute approximate surface area is 107 Å². The molecule has 0 aliphatic carbocycles. The van der Waals surface area contributed by atoms with Gasteiger partial charge in [0.25, 0.3) is 10.1 Å². The van der Waals surface area contributed by atoms with Gasteiger partial charge in [-0.15, -0.1) is 0 Å². The summed E-state index contributed by atoms with van der Waals surface area (Å²) in [6.07, 6.45) is 2.71. The minimum atomic E-state index is -3.43. The Bertz CT molecular complexity index is 658. The number of rotatable bonds is 3. The van der Waals surface area contributed by atoms with E-state index in [1.54, 1.807) is 18.3 Å². The highest BCUT2D eigenvalue weighted by Crippen LogP contribution is 2.16. The smallest absolute Gasteiger partial charge is 0.264 e. The van der Waals surface area contributed by atoms with E-state index >= 15 is 0 Å². The van der Waals surface area contributed by atoms with Gasteiger partial charge in [0.2, 0.25) is 0 Å². The molecule has 0 fully saturated rings. The Morgan fingerprint density at radius 1 is 1.41 bits per heavy atom. The van der Waals surface area contributed by atoms with E-state index in [-0.39, 0.29) is 6.61 Å². The summed E-state index contributed by atoms with van der Waals surface area (Å²) >= 11 is 3.18. The van der Waals surface area contributed by atoms with Crippen molar-refractivity contribution in [1.82, 2.24) is 9.97 Å². The average Bonchev–Trinajstić information content (AvgIpc) is 2.24. The van der Waals surface area contributed by atoms with Crippen molar-refractivity contribution in [3.63, 3.8) is 0 Å². The van der Waals surface area contributed by atoms with E-state index in [4.69, 9.17) is 4.18 Å². The maximum Gasteiger partial charge on any atom is 0.264 e. The maximum atomic E-state index is 10.9. The van der Waals surface area contributed by atoms with Crippen molar-refractivity contribution in [3.05, 3.63) is 34.7 Å². The number of halogens is 1. The highest BCUT2D eigenvalue weighted by atomic mass is 79.9. The Morgan fingerprint density at radius 3 is 2.88 bits per heavy atom. The van der Waals surface area contributed by atoms with Crippen LogP contribution in [0.5, 0.6) is 0 Å². The Balaban J connectivity index is 2.31. The summed E-state index contributed by atoms with van der Waals surface area (Å²) < 4.78 is 26.9. The molecule has 0 aliphatic heterocycles. The molecule has 0 unspecified atom stereocenters. The minimum Gasteiger partial charge on any atom is -0.265 e. The third-order valence-electron chi connectivity index (χ3n) is 2.06. The SMILES string of the molecule is CS(=O)(=O)OCc1ccc2cnc(Br)nc2c1. The van der Waals surface area contributed by atoms with Gasteiger partial charge in [-0.05, 0) is 27.6 Å². The molecule has 5 nitrogen and oxygen atoms in total. The second-order valence-corrected chi connectivity index (χ2v) is 5.85. The molecule has 0 spiro atoms. The van der Waals surface area contributed by atoms with Crippen molar-refractivity contribution in [2.45, 2.75) is 6.61 Å². The average molecular weight is 317 g/mol. The van der Waals surface area contributed by atoms with Gasteiger partial charge in [-0.3, -0.25) is 4.18 Å². The van der Waals surface area contributed by atoms with Gasteiger partial charge in [0.05, 0.1) is 18.4 Å². The quantitative estimate of drug-likeness (QED) is 0.638. The number of fused-ring (bicyclic) bond motifs is 1. The first kappa shape index (κ1) is 12.4. The zero-order valence-corrected chi connectivity index (χ0v) is 11.3. The summed E-state index contributed by atoms with van der Waals surface area (Å²) in [5.74, 6) is 0. The molecule has 2 aromatic rings. The number of nitrogens with zero attached hydrogens (tertiary/aromatic N) is 2. The van der Waals surface area contributed by atoms with Crippen LogP contribution in [0.1, 0.15) is 5.56 Å². The summed E-state index contributed by atoms with van der Waals surface area (Å²) in [4.78, 5) is 8.18. The number of aromatic nitrogens is 2. The molecule has 0 N–H and O–H groups in total. The van der Waals surface area contributed by atoms with Crippen LogP contribution in [0, 0.1) is 0 Å². The molecule has 0 amide bonds. The van der Waals surface area contributed by atoms with Gasteiger partial charge in [-0.25, -0.2) is 9.97 Å². The van der Waals surface area contributed by atoms with Crippen LogP contribution in [0.25, 0.3) is 10.9 Å². The molecule has 0 saturated heterocycles. The van der Waals surface area contributed by atoms with Crippen LogP contribution in [0.2, 0.25) is 0 Å². The largest absolute Gasteiger partial charge is 0.265 e. The van der Waals surface area contributed by atoms with Crippen molar-refractivity contribution >= 4 is 37.0 Å². The first-order chi connectivity index (χ1) is 7.94. The zero-order valence-electron chi connectivity index (χ0n) is 8.92. The van der Waals surface area contributed by atoms with E-state index in [1.165, 1.54) is 0 Å². The van der Waals surface area contributed by atoms with Gasteiger partial charge in [0.1, 0.15) is 0 Å². The molecule has 0 radical (unpaired) electrons. The Hall–Kier alpha value is -1.05. The maximum absolute atomic E-state index is 10.9. The van der Waals surface area contributed by atoms with E-state index < -0.39 is 10.1 Å². The van der Waals surface area contributed by atoms with Gasteiger partial charge in [0, 0.05) is 11.6 Å². The molecule has 0 aliphatic rings. The minimum absolute atomic E-state index is 0.0103. The van der Waals surface area contributed by atoms with Crippen LogP contribution in [-0.2, 0) is 20.9 Å². The zero-order chi connectivity index (χ0) is 12.5. The molecule has 0 atom stereocenters. The lowest BCUT2D eigenvalue weighted by atomic mass is 10.2. The van der Waals surface area contributed by atoms with Gasteiger partial charge < -0.3 is 0 Å². The highest BCUT2D eigenvalue weighted by molar-refractivity contribution is 9.10. The van der Waals surface area contributed by atoms with Crippen molar-refractivity contribution < 1.29 is 12.6 Å². The molecular weight excluding hydrogens is 308 g/mol. The predicted octanol–water partition coefficient (Wildman–Crippen LogP) is 1.87. The monoisotopic (exact) mass is 316 g/mol. The van der Waals surface area contributed by atoms with Crippen molar-refractivity contribution in [3.8, 4) is 0 Å². The summed E-state index contributed by atoms with van der Waals surface area (Å²) in [6, 6.07) is 5.38. The predicted molar refractivity (Wildman–Crippen MR) is 66.9 cm³/mol. The molecule has 1 aromatic heterocycles. The highest BCUT2D eigenvalue weighted by Gasteiger charge is 2.04. The van der Waals surface area contributed by atoms with Gasteiger partial charge in [-0.2, -0.15) is 8.42 Å². The molecule has 2 rings (SSSR count). The van der Waals surface area contributed by atoms with Gasteiger partial charge >= 0.3 is 0 Å². The van der Waals surface area contributed by atoms with E-state index in [9.17, 15) is 8.42 Å². The van der Waals surface area contributed by atoms with E-state index in [0.717, 1.165) is 22.7 Å². The second kappa shape index (κ2) is 4.67. The van der Waals surface area contributed by atoms with Crippen molar-refractivity contribution in [2.24, 2.45) is 0 Å². The fourth-order valence-corrected chi connectivity index (χ4v) is 1.95. The molecular formula is C10H9BrN2O3S. The number of hydrogen-bond donors (Lipinski definition) is 0. The summed E-state index contributed by atoms with van der Waals surface area (Å²) in [6.45, 7) is 0.0103. The van der Waals surface area contributed by atoms with Crippen LogP contribution in [0.15, 0.2) is 29.1 Å². The summed E-state index contributed by atoms with van der Waals surface area (Å²) in [7, 11) is -3.43. The standard InChI is InChI=1S/C10H9BrN2O3S/c1-17(14,15)16-6-7-2-3-8-5-12-10(11)13-9(8)4-7/h2-5H,6H2,1H3. The van der Waals surface area contributed by atoms with Gasteiger partial charge in [0.15, 0.2) is 4.73 Å². The molecule has 1 aromatic carbocycles. The molecule has 90 valence electrons. The van der Waals surface area contributed by atoms with Crippen LogP contribution in [0.3, 0.4) is 0 Å². The fraction of sp³-hybridized carbons (Fsp3) is 0.200. The topological polar surface area (TPSA) is 69.2 Å². The Kier molecular flexibility index (Phi) is 3.41. The molecule has 7 heteroatoms. The number of benzene rings is 1. The lowest BCUT2D eigenvalue weighted by Crippen LogP contribution is -2.02.